The summed E-state index contributed by atoms with van der Waals surface area (Å²) in [6, 6.07) is 3.22. The third kappa shape index (κ3) is 4.02. The van der Waals surface area contributed by atoms with Gasteiger partial charge in [0.2, 0.25) is 5.91 Å². The number of phenols is 1. The monoisotopic (exact) mass is 300 g/mol. The van der Waals surface area contributed by atoms with Crippen LogP contribution in [0.15, 0.2) is 12.1 Å². The highest BCUT2D eigenvalue weighted by Gasteiger charge is 2.26. The summed E-state index contributed by atoms with van der Waals surface area (Å²) in [5.74, 6) is 0.347. The zero-order valence-electron chi connectivity index (χ0n) is 12.2. The molecule has 0 saturated carbocycles. The minimum Gasteiger partial charge on any atom is -0.504 e. The lowest BCUT2D eigenvalue weighted by Crippen LogP contribution is -2.41. The number of carbonyl (C=O) groups is 1. The van der Waals surface area contributed by atoms with E-state index in [-0.39, 0.29) is 11.7 Å². The highest BCUT2D eigenvalue weighted by atomic mass is 35.5. The first-order valence-electron chi connectivity index (χ1n) is 6.30. The van der Waals surface area contributed by atoms with Crippen LogP contribution in [0.5, 0.6) is 11.5 Å². The van der Waals surface area contributed by atoms with Crippen LogP contribution in [-0.4, -0.2) is 31.7 Å². The summed E-state index contributed by atoms with van der Waals surface area (Å²) in [6.07, 6.45) is 0. The van der Waals surface area contributed by atoms with Crippen molar-refractivity contribution >= 4 is 17.5 Å². The third-order valence-corrected chi connectivity index (χ3v) is 3.28. The topological polar surface area (TPSA) is 70.6 Å². The molecule has 1 aromatic rings. The fourth-order valence-electron chi connectivity index (χ4n) is 1.85. The van der Waals surface area contributed by atoms with Gasteiger partial charge in [0.25, 0.3) is 0 Å². The molecule has 6 heteroatoms. The van der Waals surface area contributed by atoms with E-state index in [0.717, 1.165) is 0 Å². The molecule has 0 radical (unpaired) electrons. The molecule has 0 unspecified atom stereocenters. The Bertz CT molecular complexity index is 490. The summed E-state index contributed by atoms with van der Waals surface area (Å²) in [4.78, 5) is 11.7. The Morgan fingerprint density at radius 1 is 1.45 bits per heavy atom. The normalized spacial score (nSPS) is 11.2. The van der Waals surface area contributed by atoms with Gasteiger partial charge in [-0.3, -0.25) is 4.79 Å². The minimum atomic E-state index is -0.535. The zero-order valence-corrected chi connectivity index (χ0v) is 13.0. The van der Waals surface area contributed by atoms with Crippen LogP contribution in [0.25, 0.3) is 0 Å². The summed E-state index contributed by atoms with van der Waals surface area (Å²) < 4.78 is 5.04. The van der Waals surface area contributed by atoms with E-state index in [9.17, 15) is 9.90 Å². The second-order valence-corrected chi connectivity index (χ2v) is 5.62. The van der Waals surface area contributed by atoms with Crippen molar-refractivity contribution in [1.82, 2.24) is 10.6 Å². The molecule has 112 valence electrons. The van der Waals surface area contributed by atoms with Crippen molar-refractivity contribution in [2.24, 2.45) is 5.41 Å². The molecule has 3 N–H and O–H groups in total. The number of aromatic hydroxyl groups is 1. The van der Waals surface area contributed by atoms with Crippen molar-refractivity contribution in [2.45, 2.75) is 20.4 Å². The van der Waals surface area contributed by atoms with E-state index >= 15 is 0 Å². The number of amides is 1. The number of rotatable bonds is 6. The van der Waals surface area contributed by atoms with E-state index in [0.29, 0.717) is 29.4 Å². The predicted octanol–water partition coefficient (Wildman–Crippen LogP) is 1.92. The molecular weight excluding hydrogens is 280 g/mol. The molecule has 0 spiro atoms. The van der Waals surface area contributed by atoms with Gasteiger partial charge in [-0.15, -0.1) is 0 Å². The molecule has 0 aromatic heterocycles. The largest absolute Gasteiger partial charge is 0.504 e. The van der Waals surface area contributed by atoms with Gasteiger partial charge in [-0.25, -0.2) is 0 Å². The summed E-state index contributed by atoms with van der Waals surface area (Å²) >= 11 is 5.96. The third-order valence-electron chi connectivity index (χ3n) is 3.06. The molecule has 0 aliphatic heterocycles. The van der Waals surface area contributed by atoms with Crippen LogP contribution >= 0.6 is 11.6 Å². The number of phenolic OH excluding ortho intramolecular Hbond substituents is 1. The number of hydrogen-bond acceptors (Lipinski definition) is 4. The lowest BCUT2D eigenvalue weighted by Gasteiger charge is -2.23. The van der Waals surface area contributed by atoms with Gasteiger partial charge in [0.05, 0.1) is 12.5 Å². The fraction of sp³-hybridized carbons (Fsp3) is 0.500. The van der Waals surface area contributed by atoms with Crippen LogP contribution in [0.4, 0.5) is 0 Å². The molecule has 0 aliphatic rings. The fourth-order valence-corrected chi connectivity index (χ4v) is 2.08. The number of nitrogens with one attached hydrogen (secondary N) is 2. The number of benzene rings is 1. The Hall–Kier alpha value is -1.46. The van der Waals surface area contributed by atoms with E-state index < -0.39 is 5.41 Å². The number of halogens is 1. The molecule has 0 atom stereocenters. The van der Waals surface area contributed by atoms with Gasteiger partial charge < -0.3 is 20.5 Å². The lowest BCUT2D eigenvalue weighted by atomic mass is 9.92. The molecule has 0 aliphatic carbocycles. The van der Waals surface area contributed by atoms with Crippen molar-refractivity contribution in [3.8, 4) is 11.5 Å². The zero-order chi connectivity index (χ0) is 15.3. The summed E-state index contributed by atoms with van der Waals surface area (Å²) in [5, 5.41) is 16.2. The van der Waals surface area contributed by atoms with Crippen LogP contribution in [0.2, 0.25) is 5.02 Å². The van der Waals surface area contributed by atoms with Crippen molar-refractivity contribution < 1.29 is 14.6 Å². The average Bonchev–Trinajstić information content (AvgIpc) is 2.40. The molecule has 1 amide bonds. The standard InChI is InChI=1S/C14H21ClN2O3/c1-14(2,13(19)16-3)8-17-7-9-5-10(15)6-11(20-4)12(9)18/h5-6,17-18H,7-8H2,1-4H3,(H,16,19). The van der Waals surface area contributed by atoms with Crippen molar-refractivity contribution in [2.75, 3.05) is 20.7 Å². The smallest absolute Gasteiger partial charge is 0.226 e. The SMILES string of the molecule is CNC(=O)C(C)(C)CNCc1cc(Cl)cc(OC)c1O. The molecule has 0 fully saturated rings. The quantitative estimate of drug-likeness (QED) is 0.750. The molecule has 0 heterocycles. The Morgan fingerprint density at radius 3 is 2.65 bits per heavy atom. The Kier molecular flexibility index (Phi) is 5.65. The van der Waals surface area contributed by atoms with Crippen LogP contribution in [0.1, 0.15) is 19.4 Å². The van der Waals surface area contributed by atoms with Crippen LogP contribution in [0.3, 0.4) is 0 Å². The number of methoxy groups -OCH3 is 1. The Labute approximate surface area is 124 Å². The Morgan fingerprint density at radius 2 is 2.10 bits per heavy atom. The minimum absolute atomic E-state index is 0.0436. The molecule has 0 saturated heterocycles. The maximum Gasteiger partial charge on any atom is 0.226 e. The van der Waals surface area contributed by atoms with Crippen molar-refractivity contribution in [3.05, 3.63) is 22.7 Å². The van der Waals surface area contributed by atoms with Crippen LogP contribution in [-0.2, 0) is 11.3 Å². The summed E-state index contributed by atoms with van der Waals surface area (Å²) in [5.41, 5.74) is 0.0922. The maximum absolute atomic E-state index is 11.7. The molecule has 20 heavy (non-hydrogen) atoms. The molecule has 5 nitrogen and oxygen atoms in total. The highest BCUT2D eigenvalue weighted by molar-refractivity contribution is 6.30. The number of carbonyl (C=O) groups excluding carboxylic acids is 1. The van der Waals surface area contributed by atoms with Crippen LogP contribution < -0.4 is 15.4 Å². The van der Waals surface area contributed by atoms with Crippen molar-refractivity contribution in [1.29, 1.82) is 0 Å². The first-order chi connectivity index (χ1) is 9.31. The van der Waals surface area contributed by atoms with Gasteiger partial charge >= 0.3 is 0 Å². The predicted molar refractivity (Wildman–Crippen MR) is 79.2 cm³/mol. The first kappa shape index (κ1) is 16.6. The second kappa shape index (κ2) is 6.81. The van der Waals surface area contributed by atoms with E-state index in [2.05, 4.69) is 10.6 Å². The molecule has 1 aromatic carbocycles. The molecular formula is C14H21ClN2O3. The van der Waals surface area contributed by atoms with E-state index in [4.69, 9.17) is 16.3 Å². The van der Waals surface area contributed by atoms with E-state index in [1.54, 1.807) is 19.2 Å². The second-order valence-electron chi connectivity index (χ2n) is 5.18. The van der Waals surface area contributed by atoms with Gasteiger partial charge in [-0.1, -0.05) is 11.6 Å². The highest BCUT2D eigenvalue weighted by Crippen LogP contribution is 2.33. The number of ether oxygens (including phenoxy) is 1. The maximum atomic E-state index is 11.7. The van der Waals surface area contributed by atoms with E-state index in [1.165, 1.54) is 7.11 Å². The van der Waals surface area contributed by atoms with Gasteiger partial charge in [-0.05, 0) is 19.9 Å². The molecule has 1 rings (SSSR count). The van der Waals surface area contributed by atoms with E-state index in [1.807, 2.05) is 13.8 Å². The van der Waals surface area contributed by atoms with Gasteiger partial charge in [0, 0.05) is 36.8 Å². The van der Waals surface area contributed by atoms with Crippen LogP contribution in [0, 0.1) is 5.41 Å². The lowest BCUT2D eigenvalue weighted by molar-refractivity contribution is -0.128. The Balaban J connectivity index is 2.72. The van der Waals surface area contributed by atoms with Gasteiger partial charge in [0.15, 0.2) is 11.5 Å². The summed E-state index contributed by atoms with van der Waals surface area (Å²) in [7, 11) is 3.08. The first-order valence-corrected chi connectivity index (χ1v) is 6.68. The molecule has 0 bridgehead atoms. The summed E-state index contributed by atoms with van der Waals surface area (Å²) in [6.45, 7) is 4.55. The number of hydrogen-bond donors (Lipinski definition) is 3. The van der Waals surface area contributed by atoms with Crippen molar-refractivity contribution in [3.63, 3.8) is 0 Å². The van der Waals surface area contributed by atoms with Gasteiger partial charge in [0.1, 0.15) is 0 Å². The van der Waals surface area contributed by atoms with Gasteiger partial charge in [-0.2, -0.15) is 0 Å². The average molecular weight is 301 g/mol.